The molecule has 1 rings (SSSR count). The molecule has 0 unspecified atom stereocenters. The fraction of sp³-hybridized carbons (Fsp3) is 0.600. The van der Waals surface area contributed by atoms with Crippen LogP contribution in [-0.4, -0.2) is 22.4 Å². The summed E-state index contributed by atoms with van der Waals surface area (Å²) in [5.41, 5.74) is 6.01. The van der Waals surface area contributed by atoms with Gasteiger partial charge in [0.15, 0.2) is 0 Å². The van der Waals surface area contributed by atoms with Crippen LogP contribution in [0.4, 0.5) is 5.69 Å². The molecule has 1 aromatic heterocycles. The first kappa shape index (κ1) is 11.6. The van der Waals surface area contributed by atoms with E-state index in [1.165, 1.54) is 10.9 Å². The monoisotopic (exact) mass is 211 g/mol. The van der Waals surface area contributed by atoms with Crippen molar-refractivity contribution in [3.63, 3.8) is 0 Å². The van der Waals surface area contributed by atoms with Crippen LogP contribution in [0.3, 0.4) is 0 Å². The molecule has 0 aliphatic heterocycles. The average Bonchev–Trinajstić information content (AvgIpc) is 2.50. The van der Waals surface area contributed by atoms with Crippen LogP contribution in [0.15, 0.2) is 12.4 Å². The molecule has 84 valence electrons. The molecule has 0 aromatic carbocycles. The Labute approximate surface area is 89.2 Å². The van der Waals surface area contributed by atoms with Gasteiger partial charge in [0.05, 0.1) is 18.5 Å². The SMILES string of the molecule is CC(C)CCOC(=O)Cn1cc(N)cn1. The molecule has 5 heteroatoms. The molecule has 0 saturated carbocycles. The Morgan fingerprint density at radius 3 is 2.93 bits per heavy atom. The minimum Gasteiger partial charge on any atom is -0.464 e. The lowest BCUT2D eigenvalue weighted by Gasteiger charge is -2.06. The number of carbonyl (C=O) groups excluding carboxylic acids is 1. The standard InChI is InChI=1S/C10H17N3O2/c1-8(2)3-4-15-10(14)7-13-6-9(11)5-12-13/h5-6,8H,3-4,7,11H2,1-2H3. The molecule has 0 aliphatic rings. The fourth-order valence-corrected chi connectivity index (χ4v) is 1.05. The van der Waals surface area contributed by atoms with E-state index in [2.05, 4.69) is 18.9 Å². The highest BCUT2D eigenvalue weighted by Crippen LogP contribution is 2.01. The molecule has 15 heavy (non-hydrogen) atoms. The molecule has 2 N–H and O–H groups in total. The van der Waals surface area contributed by atoms with Crippen LogP contribution in [0.5, 0.6) is 0 Å². The van der Waals surface area contributed by atoms with Crippen molar-refractivity contribution in [2.45, 2.75) is 26.8 Å². The number of ether oxygens (including phenoxy) is 1. The Balaban J connectivity index is 2.24. The number of rotatable bonds is 5. The lowest BCUT2D eigenvalue weighted by molar-refractivity contribution is -0.144. The van der Waals surface area contributed by atoms with Gasteiger partial charge in [0.25, 0.3) is 0 Å². The molecule has 1 heterocycles. The molecule has 5 nitrogen and oxygen atoms in total. The number of anilines is 1. The molecular weight excluding hydrogens is 194 g/mol. The van der Waals surface area contributed by atoms with E-state index in [1.807, 2.05) is 0 Å². The quantitative estimate of drug-likeness (QED) is 0.739. The van der Waals surface area contributed by atoms with E-state index in [1.54, 1.807) is 6.20 Å². The first-order valence-electron chi connectivity index (χ1n) is 5.01. The minimum absolute atomic E-state index is 0.120. The summed E-state index contributed by atoms with van der Waals surface area (Å²) in [5, 5.41) is 3.89. The van der Waals surface area contributed by atoms with Gasteiger partial charge in [-0.05, 0) is 12.3 Å². The number of aromatic nitrogens is 2. The number of esters is 1. The van der Waals surface area contributed by atoms with Gasteiger partial charge in [-0.2, -0.15) is 5.10 Å². The third kappa shape index (κ3) is 4.49. The van der Waals surface area contributed by atoms with Gasteiger partial charge in [-0.15, -0.1) is 0 Å². The first-order chi connectivity index (χ1) is 7.08. The summed E-state index contributed by atoms with van der Waals surface area (Å²) in [5.74, 6) is 0.261. The highest BCUT2D eigenvalue weighted by atomic mass is 16.5. The van der Waals surface area contributed by atoms with Crippen LogP contribution >= 0.6 is 0 Å². The predicted molar refractivity (Wildman–Crippen MR) is 57.1 cm³/mol. The molecule has 0 atom stereocenters. The zero-order chi connectivity index (χ0) is 11.3. The van der Waals surface area contributed by atoms with Crippen molar-refractivity contribution >= 4 is 11.7 Å². The maximum atomic E-state index is 11.3. The lowest BCUT2D eigenvalue weighted by atomic mass is 10.1. The van der Waals surface area contributed by atoms with Gasteiger partial charge >= 0.3 is 5.97 Å². The van der Waals surface area contributed by atoms with Crippen molar-refractivity contribution in [1.29, 1.82) is 0 Å². The summed E-state index contributed by atoms with van der Waals surface area (Å²) in [7, 11) is 0. The second kappa shape index (κ2) is 5.38. The highest BCUT2D eigenvalue weighted by Gasteiger charge is 2.05. The Morgan fingerprint density at radius 2 is 2.40 bits per heavy atom. The van der Waals surface area contributed by atoms with Crippen LogP contribution in [0.25, 0.3) is 0 Å². The smallest absolute Gasteiger partial charge is 0.327 e. The normalized spacial score (nSPS) is 10.6. The number of nitrogens with two attached hydrogens (primary N) is 1. The van der Waals surface area contributed by atoms with Gasteiger partial charge in [0.2, 0.25) is 0 Å². The molecule has 0 fully saturated rings. The largest absolute Gasteiger partial charge is 0.464 e. The number of carbonyl (C=O) groups is 1. The summed E-state index contributed by atoms with van der Waals surface area (Å²) in [4.78, 5) is 11.3. The summed E-state index contributed by atoms with van der Waals surface area (Å²) < 4.78 is 6.49. The summed E-state index contributed by atoms with van der Waals surface area (Å²) in [6.45, 7) is 4.76. The van der Waals surface area contributed by atoms with E-state index in [0.29, 0.717) is 18.2 Å². The summed E-state index contributed by atoms with van der Waals surface area (Å²) in [6.07, 6.45) is 3.98. The first-order valence-corrected chi connectivity index (χ1v) is 5.01. The van der Waals surface area contributed by atoms with Crippen molar-refractivity contribution in [3.05, 3.63) is 12.4 Å². The molecule has 0 spiro atoms. The van der Waals surface area contributed by atoms with Crippen LogP contribution < -0.4 is 5.73 Å². The Bertz CT molecular complexity index is 320. The van der Waals surface area contributed by atoms with E-state index in [-0.39, 0.29) is 12.5 Å². The second-order valence-electron chi connectivity index (χ2n) is 3.87. The van der Waals surface area contributed by atoms with Crippen molar-refractivity contribution < 1.29 is 9.53 Å². The zero-order valence-corrected chi connectivity index (χ0v) is 9.14. The van der Waals surface area contributed by atoms with Gasteiger partial charge in [0.1, 0.15) is 6.54 Å². The van der Waals surface area contributed by atoms with E-state index in [9.17, 15) is 4.79 Å². The van der Waals surface area contributed by atoms with E-state index in [0.717, 1.165) is 6.42 Å². The van der Waals surface area contributed by atoms with Crippen LogP contribution in [0.1, 0.15) is 20.3 Å². The topological polar surface area (TPSA) is 70.1 Å². The molecule has 0 saturated heterocycles. The second-order valence-corrected chi connectivity index (χ2v) is 3.87. The van der Waals surface area contributed by atoms with Crippen LogP contribution in [0, 0.1) is 5.92 Å². The van der Waals surface area contributed by atoms with E-state index < -0.39 is 0 Å². The van der Waals surface area contributed by atoms with Crippen molar-refractivity contribution in [2.24, 2.45) is 5.92 Å². The summed E-state index contributed by atoms with van der Waals surface area (Å²) in [6, 6.07) is 0. The summed E-state index contributed by atoms with van der Waals surface area (Å²) >= 11 is 0. The van der Waals surface area contributed by atoms with Gasteiger partial charge in [-0.25, -0.2) is 0 Å². The zero-order valence-electron chi connectivity index (χ0n) is 9.14. The predicted octanol–water partition coefficient (Wildman–Crippen LogP) is 1.05. The molecule has 0 radical (unpaired) electrons. The molecule has 1 aromatic rings. The Hall–Kier alpha value is -1.52. The maximum absolute atomic E-state index is 11.3. The van der Waals surface area contributed by atoms with Crippen molar-refractivity contribution in [1.82, 2.24) is 9.78 Å². The number of hydrogen-bond donors (Lipinski definition) is 1. The average molecular weight is 211 g/mol. The molecular formula is C10H17N3O2. The molecule has 0 bridgehead atoms. The van der Waals surface area contributed by atoms with Gasteiger partial charge in [0, 0.05) is 6.20 Å². The fourth-order valence-electron chi connectivity index (χ4n) is 1.05. The van der Waals surface area contributed by atoms with E-state index in [4.69, 9.17) is 10.5 Å². The van der Waals surface area contributed by atoms with Crippen molar-refractivity contribution in [3.8, 4) is 0 Å². The lowest BCUT2D eigenvalue weighted by Crippen LogP contribution is -2.15. The maximum Gasteiger partial charge on any atom is 0.327 e. The Morgan fingerprint density at radius 1 is 1.67 bits per heavy atom. The molecule has 0 aliphatic carbocycles. The Kier molecular flexibility index (Phi) is 4.15. The van der Waals surface area contributed by atoms with Crippen LogP contribution in [-0.2, 0) is 16.1 Å². The van der Waals surface area contributed by atoms with Gasteiger partial charge in [-0.3, -0.25) is 9.48 Å². The third-order valence-electron chi connectivity index (χ3n) is 1.90. The minimum atomic E-state index is -0.279. The highest BCUT2D eigenvalue weighted by molar-refractivity contribution is 5.69. The van der Waals surface area contributed by atoms with Crippen molar-refractivity contribution in [2.75, 3.05) is 12.3 Å². The van der Waals surface area contributed by atoms with Crippen LogP contribution in [0.2, 0.25) is 0 Å². The number of hydrogen-bond acceptors (Lipinski definition) is 4. The number of nitrogen functional groups attached to an aromatic ring is 1. The van der Waals surface area contributed by atoms with E-state index >= 15 is 0 Å². The molecule has 0 amide bonds. The number of nitrogens with zero attached hydrogens (tertiary/aromatic N) is 2. The van der Waals surface area contributed by atoms with Gasteiger partial charge in [-0.1, -0.05) is 13.8 Å². The van der Waals surface area contributed by atoms with Gasteiger partial charge < -0.3 is 10.5 Å². The third-order valence-corrected chi connectivity index (χ3v) is 1.90.